The van der Waals surface area contributed by atoms with Crippen molar-refractivity contribution in [3.05, 3.63) is 18.0 Å². The first-order valence-corrected chi connectivity index (χ1v) is 5.78. The van der Waals surface area contributed by atoms with Crippen molar-refractivity contribution in [3.63, 3.8) is 0 Å². The Morgan fingerprint density at radius 3 is 3.00 bits per heavy atom. The Kier molecular flexibility index (Phi) is 3.61. The maximum atomic E-state index is 12.1. The highest BCUT2D eigenvalue weighted by Gasteiger charge is 2.29. The Morgan fingerprint density at radius 2 is 2.39 bits per heavy atom. The van der Waals surface area contributed by atoms with E-state index in [1.807, 2.05) is 6.92 Å². The minimum Gasteiger partial charge on any atom is -0.479 e. The van der Waals surface area contributed by atoms with E-state index < -0.39 is 12.1 Å². The van der Waals surface area contributed by atoms with Crippen molar-refractivity contribution < 1.29 is 19.4 Å². The second-order valence-corrected chi connectivity index (χ2v) is 4.03. The average molecular weight is 253 g/mol. The molecule has 18 heavy (non-hydrogen) atoms. The van der Waals surface area contributed by atoms with Crippen molar-refractivity contribution in [2.45, 2.75) is 19.6 Å². The molecule has 7 heteroatoms. The Balaban J connectivity index is 2.06. The van der Waals surface area contributed by atoms with Gasteiger partial charge in [-0.25, -0.2) is 4.79 Å². The largest absolute Gasteiger partial charge is 0.479 e. The summed E-state index contributed by atoms with van der Waals surface area (Å²) in [7, 11) is 0. The molecule has 1 aliphatic rings. The van der Waals surface area contributed by atoms with Crippen LogP contribution in [0.1, 0.15) is 17.3 Å². The van der Waals surface area contributed by atoms with E-state index >= 15 is 0 Å². The molecule has 2 rings (SSSR count). The van der Waals surface area contributed by atoms with E-state index in [0.717, 1.165) is 0 Å². The van der Waals surface area contributed by atoms with E-state index in [4.69, 9.17) is 9.84 Å². The number of carboxylic acids is 1. The molecular weight excluding hydrogens is 238 g/mol. The summed E-state index contributed by atoms with van der Waals surface area (Å²) in [5, 5.41) is 12.9. The smallest absolute Gasteiger partial charge is 0.334 e. The van der Waals surface area contributed by atoms with Gasteiger partial charge in [-0.3, -0.25) is 9.48 Å². The second kappa shape index (κ2) is 5.18. The number of amides is 1. The molecule has 0 spiro atoms. The van der Waals surface area contributed by atoms with E-state index in [9.17, 15) is 9.59 Å². The number of aromatic nitrogens is 2. The summed E-state index contributed by atoms with van der Waals surface area (Å²) >= 11 is 0. The summed E-state index contributed by atoms with van der Waals surface area (Å²) in [5.41, 5.74) is 0.475. The van der Waals surface area contributed by atoms with Crippen LogP contribution in [0.2, 0.25) is 0 Å². The van der Waals surface area contributed by atoms with Crippen LogP contribution in [0, 0.1) is 0 Å². The summed E-state index contributed by atoms with van der Waals surface area (Å²) in [6.07, 6.45) is 2.22. The van der Waals surface area contributed by atoms with Gasteiger partial charge in [0, 0.05) is 19.3 Å². The van der Waals surface area contributed by atoms with Crippen molar-refractivity contribution >= 4 is 11.9 Å². The fraction of sp³-hybridized carbons (Fsp3) is 0.545. The first kappa shape index (κ1) is 12.6. The third-order valence-electron chi connectivity index (χ3n) is 2.83. The van der Waals surface area contributed by atoms with Gasteiger partial charge in [-0.1, -0.05) is 0 Å². The number of hydrogen-bond donors (Lipinski definition) is 1. The molecule has 1 atom stereocenters. The van der Waals surface area contributed by atoms with Gasteiger partial charge in [-0.15, -0.1) is 0 Å². The number of aryl methyl sites for hydroxylation is 1. The molecule has 0 saturated carbocycles. The monoisotopic (exact) mass is 253 g/mol. The zero-order valence-corrected chi connectivity index (χ0v) is 10.1. The molecular formula is C11H15N3O4. The minimum absolute atomic E-state index is 0.0749. The number of morpholine rings is 1. The van der Waals surface area contributed by atoms with Crippen LogP contribution in [0.4, 0.5) is 0 Å². The Labute approximate surface area is 104 Å². The number of carbonyl (C=O) groups excluding carboxylic acids is 1. The number of carbonyl (C=O) groups is 2. The molecule has 0 bridgehead atoms. The van der Waals surface area contributed by atoms with Crippen LogP contribution in [-0.4, -0.2) is 57.5 Å². The molecule has 1 saturated heterocycles. The lowest BCUT2D eigenvalue weighted by Crippen LogP contribution is -2.48. The highest BCUT2D eigenvalue weighted by molar-refractivity contribution is 5.94. The van der Waals surface area contributed by atoms with Gasteiger partial charge in [0.1, 0.15) is 0 Å². The Morgan fingerprint density at radius 1 is 1.61 bits per heavy atom. The van der Waals surface area contributed by atoms with Gasteiger partial charge >= 0.3 is 5.97 Å². The SMILES string of the molecule is CCn1cc(C(=O)N2CCOC(C(=O)O)C2)cn1. The number of nitrogens with zero attached hydrogens (tertiary/aromatic N) is 3. The van der Waals surface area contributed by atoms with Crippen LogP contribution in [-0.2, 0) is 16.1 Å². The molecule has 1 fully saturated rings. The van der Waals surface area contributed by atoms with Crippen LogP contribution in [0.25, 0.3) is 0 Å². The fourth-order valence-electron chi connectivity index (χ4n) is 1.81. The number of ether oxygens (including phenoxy) is 1. The van der Waals surface area contributed by atoms with E-state index in [0.29, 0.717) is 18.7 Å². The van der Waals surface area contributed by atoms with Crippen LogP contribution in [0.15, 0.2) is 12.4 Å². The van der Waals surface area contributed by atoms with Crippen molar-refractivity contribution in [1.29, 1.82) is 0 Å². The molecule has 1 aromatic rings. The van der Waals surface area contributed by atoms with E-state index in [1.54, 1.807) is 10.9 Å². The number of rotatable bonds is 3. The van der Waals surface area contributed by atoms with Crippen molar-refractivity contribution in [2.75, 3.05) is 19.7 Å². The molecule has 1 amide bonds. The normalized spacial score (nSPS) is 19.8. The lowest BCUT2D eigenvalue weighted by atomic mass is 10.2. The molecule has 1 aliphatic heterocycles. The van der Waals surface area contributed by atoms with Gasteiger partial charge in [0.05, 0.1) is 24.9 Å². The number of hydrogen-bond acceptors (Lipinski definition) is 4. The highest BCUT2D eigenvalue weighted by Crippen LogP contribution is 2.10. The average Bonchev–Trinajstić information content (AvgIpc) is 2.86. The molecule has 1 unspecified atom stereocenters. The van der Waals surface area contributed by atoms with Gasteiger partial charge in [0.25, 0.3) is 5.91 Å². The van der Waals surface area contributed by atoms with Gasteiger partial charge < -0.3 is 14.7 Å². The topological polar surface area (TPSA) is 84.7 Å². The molecule has 1 N–H and O–H groups in total. The van der Waals surface area contributed by atoms with E-state index in [-0.39, 0.29) is 19.1 Å². The summed E-state index contributed by atoms with van der Waals surface area (Å²) < 4.78 is 6.72. The molecule has 0 aliphatic carbocycles. The summed E-state index contributed by atoms with van der Waals surface area (Å²) in [6, 6.07) is 0. The van der Waals surface area contributed by atoms with Crippen molar-refractivity contribution in [3.8, 4) is 0 Å². The summed E-state index contributed by atoms with van der Waals surface area (Å²) in [6.45, 7) is 3.33. The third-order valence-corrected chi connectivity index (χ3v) is 2.83. The van der Waals surface area contributed by atoms with E-state index in [1.165, 1.54) is 11.1 Å². The van der Waals surface area contributed by atoms with Crippen LogP contribution in [0.5, 0.6) is 0 Å². The van der Waals surface area contributed by atoms with Gasteiger partial charge in [0.2, 0.25) is 0 Å². The molecule has 0 radical (unpaired) electrons. The standard InChI is InChI=1S/C11H15N3O4/c1-2-14-6-8(5-12-14)10(15)13-3-4-18-9(7-13)11(16)17/h5-6,9H,2-4,7H2,1H3,(H,16,17). The number of carboxylic acid groups (broad SMARTS) is 1. The van der Waals surface area contributed by atoms with Crippen LogP contribution < -0.4 is 0 Å². The van der Waals surface area contributed by atoms with Crippen LogP contribution in [0.3, 0.4) is 0 Å². The zero-order chi connectivity index (χ0) is 13.1. The quantitative estimate of drug-likeness (QED) is 0.808. The predicted molar refractivity (Wildman–Crippen MR) is 61.2 cm³/mol. The summed E-state index contributed by atoms with van der Waals surface area (Å²) in [4.78, 5) is 24.4. The fourth-order valence-corrected chi connectivity index (χ4v) is 1.81. The van der Waals surface area contributed by atoms with Crippen molar-refractivity contribution in [2.24, 2.45) is 0 Å². The summed E-state index contributed by atoms with van der Waals surface area (Å²) in [5.74, 6) is -1.25. The lowest BCUT2D eigenvalue weighted by molar-refractivity contribution is -0.154. The highest BCUT2D eigenvalue weighted by atomic mass is 16.5. The van der Waals surface area contributed by atoms with Gasteiger partial charge in [0.15, 0.2) is 6.10 Å². The Bertz CT molecular complexity index is 457. The lowest BCUT2D eigenvalue weighted by Gasteiger charge is -2.30. The first-order valence-electron chi connectivity index (χ1n) is 5.78. The van der Waals surface area contributed by atoms with Crippen molar-refractivity contribution in [1.82, 2.24) is 14.7 Å². The second-order valence-electron chi connectivity index (χ2n) is 4.03. The molecule has 1 aromatic heterocycles. The first-order chi connectivity index (χ1) is 8.61. The molecule has 2 heterocycles. The van der Waals surface area contributed by atoms with Gasteiger partial charge in [-0.05, 0) is 6.92 Å². The minimum atomic E-state index is -1.04. The van der Waals surface area contributed by atoms with E-state index in [2.05, 4.69) is 5.10 Å². The third kappa shape index (κ3) is 2.51. The predicted octanol–water partition coefficient (Wildman–Crippen LogP) is -0.171. The van der Waals surface area contributed by atoms with Crippen LogP contribution >= 0.6 is 0 Å². The molecule has 98 valence electrons. The molecule has 7 nitrogen and oxygen atoms in total. The zero-order valence-electron chi connectivity index (χ0n) is 10.1. The maximum Gasteiger partial charge on any atom is 0.334 e. The number of aliphatic carboxylic acids is 1. The molecule has 0 aromatic carbocycles. The Hall–Kier alpha value is -1.89. The maximum absolute atomic E-state index is 12.1. The van der Waals surface area contributed by atoms with Gasteiger partial charge in [-0.2, -0.15) is 5.10 Å².